The summed E-state index contributed by atoms with van der Waals surface area (Å²) >= 11 is 0. The van der Waals surface area contributed by atoms with Crippen molar-refractivity contribution in [3.63, 3.8) is 0 Å². The van der Waals surface area contributed by atoms with Crippen molar-refractivity contribution in [3.8, 4) is 5.75 Å². The fourth-order valence-electron chi connectivity index (χ4n) is 3.64. The summed E-state index contributed by atoms with van der Waals surface area (Å²) in [5, 5.41) is 2.78. The van der Waals surface area contributed by atoms with Gasteiger partial charge in [-0.1, -0.05) is 12.1 Å². The Bertz CT molecular complexity index is 831. The van der Waals surface area contributed by atoms with Gasteiger partial charge in [0.05, 0.1) is 11.4 Å². The van der Waals surface area contributed by atoms with Crippen LogP contribution in [-0.2, 0) is 4.79 Å². The highest BCUT2D eigenvalue weighted by atomic mass is 35.5. The fraction of sp³-hybridized carbons (Fsp3) is 0.364. The van der Waals surface area contributed by atoms with E-state index in [0.29, 0.717) is 22.7 Å². The first-order chi connectivity index (χ1) is 13.5. The summed E-state index contributed by atoms with van der Waals surface area (Å²) in [5.41, 5.74) is 7.42. The molecule has 0 radical (unpaired) electrons. The lowest BCUT2D eigenvalue weighted by Gasteiger charge is -2.38. The van der Waals surface area contributed by atoms with E-state index in [2.05, 4.69) is 19.2 Å². The van der Waals surface area contributed by atoms with Crippen LogP contribution >= 0.6 is 12.4 Å². The zero-order valence-corrected chi connectivity index (χ0v) is 17.6. The minimum atomic E-state index is -0.253. The van der Waals surface area contributed by atoms with Gasteiger partial charge in [0.1, 0.15) is 5.75 Å². The number of hydrogen-bond donors (Lipinski definition) is 2. The summed E-state index contributed by atoms with van der Waals surface area (Å²) < 4.78 is 5.65. The van der Waals surface area contributed by atoms with Crippen molar-refractivity contribution in [2.45, 2.75) is 45.2 Å². The number of nitrogens with one attached hydrogen (secondary N) is 1. The molecule has 156 valence electrons. The number of carbonyl (C=O) groups excluding carboxylic acids is 2. The largest absolute Gasteiger partial charge is 0.484 e. The van der Waals surface area contributed by atoms with Gasteiger partial charge in [-0.3, -0.25) is 9.59 Å². The van der Waals surface area contributed by atoms with Gasteiger partial charge in [0.2, 0.25) is 0 Å². The lowest BCUT2D eigenvalue weighted by molar-refractivity contribution is -0.139. The van der Waals surface area contributed by atoms with Crippen LogP contribution < -0.4 is 15.8 Å². The van der Waals surface area contributed by atoms with Crippen LogP contribution in [0.5, 0.6) is 5.75 Å². The van der Waals surface area contributed by atoms with Gasteiger partial charge in [-0.15, -0.1) is 12.4 Å². The molecule has 1 saturated heterocycles. The highest BCUT2D eigenvalue weighted by Gasteiger charge is 2.28. The van der Waals surface area contributed by atoms with Gasteiger partial charge in [0.15, 0.2) is 6.61 Å². The van der Waals surface area contributed by atoms with Crippen molar-refractivity contribution in [2.75, 3.05) is 17.7 Å². The van der Waals surface area contributed by atoms with Gasteiger partial charge in [-0.2, -0.15) is 0 Å². The van der Waals surface area contributed by atoms with Crippen molar-refractivity contribution < 1.29 is 14.3 Å². The Kier molecular flexibility index (Phi) is 7.91. The molecule has 2 aromatic carbocycles. The van der Waals surface area contributed by atoms with Crippen LogP contribution in [0.25, 0.3) is 0 Å². The molecular weight excluding hydrogens is 390 g/mol. The number of ether oxygens (including phenoxy) is 1. The zero-order chi connectivity index (χ0) is 20.1. The topological polar surface area (TPSA) is 84.7 Å². The molecular formula is C22H28ClN3O3. The Morgan fingerprint density at radius 1 is 1.07 bits per heavy atom. The molecule has 1 fully saturated rings. The van der Waals surface area contributed by atoms with Crippen LogP contribution in [0.1, 0.15) is 43.5 Å². The molecule has 7 heteroatoms. The average molecular weight is 418 g/mol. The minimum absolute atomic E-state index is 0. The maximum absolute atomic E-state index is 12.5. The molecule has 1 aliphatic rings. The maximum atomic E-state index is 12.5. The number of para-hydroxylation sites is 2. The Hall–Kier alpha value is -2.73. The van der Waals surface area contributed by atoms with Crippen molar-refractivity contribution in [1.82, 2.24) is 4.90 Å². The monoisotopic (exact) mass is 417 g/mol. The predicted molar refractivity (Wildman–Crippen MR) is 118 cm³/mol. The second-order valence-corrected chi connectivity index (χ2v) is 7.28. The highest BCUT2D eigenvalue weighted by molar-refractivity contribution is 6.05. The van der Waals surface area contributed by atoms with Crippen LogP contribution in [-0.4, -0.2) is 35.4 Å². The summed E-state index contributed by atoms with van der Waals surface area (Å²) in [6, 6.07) is 14.3. The van der Waals surface area contributed by atoms with E-state index >= 15 is 0 Å². The lowest BCUT2D eigenvalue weighted by Crippen LogP contribution is -2.49. The second-order valence-electron chi connectivity index (χ2n) is 7.28. The van der Waals surface area contributed by atoms with E-state index in [1.165, 1.54) is 0 Å². The number of likely N-dealkylation sites (tertiary alicyclic amines) is 1. The molecule has 3 N–H and O–H groups in total. The minimum Gasteiger partial charge on any atom is -0.484 e. The number of carbonyl (C=O) groups is 2. The van der Waals surface area contributed by atoms with Crippen LogP contribution in [0.2, 0.25) is 0 Å². The SMILES string of the molecule is CC1CCCC(C)N1C(=O)COc1ccc(C(=O)Nc2ccccc2N)cc1.Cl. The Labute approximate surface area is 177 Å². The van der Waals surface area contributed by atoms with Crippen LogP contribution in [0.4, 0.5) is 11.4 Å². The first kappa shape index (κ1) is 22.6. The molecule has 2 atom stereocenters. The number of nitrogen functional groups attached to an aromatic ring is 1. The normalized spacial score (nSPS) is 18.5. The summed E-state index contributed by atoms with van der Waals surface area (Å²) in [4.78, 5) is 26.8. The number of rotatable bonds is 5. The third-order valence-electron chi connectivity index (χ3n) is 5.17. The quantitative estimate of drug-likeness (QED) is 0.717. The number of anilines is 2. The van der Waals surface area contributed by atoms with Gasteiger partial charge in [0.25, 0.3) is 11.8 Å². The number of nitrogens with zero attached hydrogens (tertiary/aromatic N) is 1. The number of benzene rings is 2. The summed E-state index contributed by atoms with van der Waals surface area (Å²) in [5.74, 6) is 0.305. The number of piperidine rings is 1. The molecule has 2 amide bonds. The van der Waals surface area contributed by atoms with Crippen molar-refractivity contribution in [2.24, 2.45) is 0 Å². The molecule has 0 aromatic heterocycles. The number of amides is 2. The van der Waals surface area contributed by atoms with Crippen LogP contribution in [0.15, 0.2) is 48.5 Å². The van der Waals surface area contributed by atoms with E-state index in [0.717, 1.165) is 19.3 Å². The molecule has 0 bridgehead atoms. The third-order valence-corrected chi connectivity index (χ3v) is 5.17. The van der Waals surface area contributed by atoms with E-state index in [1.807, 2.05) is 17.0 Å². The van der Waals surface area contributed by atoms with Crippen molar-refractivity contribution in [3.05, 3.63) is 54.1 Å². The molecule has 0 aliphatic carbocycles. The third kappa shape index (κ3) is 5.64. The van der Waals surface area contributed by atoms with Gasteiger partial charge in [0, 0.05) is 17.6 Å². The lowest BCUT2D eigenvalue weighted by atomic mass is 9.97. The van der Waals surface area contributed by atoms with Crippen molar-refractivity contribution >= 4 is 35.6 Å². The molecule has 1 heterocycles. The van der Waals surface area contributed by atoms with E-state index in [1.54, 1.807) is 36.4 Å². The fourth-order valence-corrected chi connectivity index (χ4v) is 3.64. The van der Waals surface area contributed by atoms with E-state index < -0.39 is 0 Å². The average Bonchev–Trinajstić information content (AvgIpc) is 2.68. The number of hydrogen-bond acceptors (Lipinski definition) is 4. The predicted octanol–water partition coefficient (Wildman–Crippen LogP) is 4.11. The summed E-state index contributed by atoms with van der Waals surface area (Å²) in [7, 11) is 0. The first-order valence-corrected chi connectivity index (χ1v) is 9.65. The Morgan fingerprint density at radius 3 is 2.31 bits per heavy atom. The zero-order valence-electron chi connectivity index (χ0n) is 16.8. The molecule has 29 heavy (non-hydrogen) atoms. The Morgan fingerprint density at radius 2 is 1.69 bits per heavy atom. The molecule has 1 aliphatic heterocycles. The van der Waals surface area contributed by atoms with Gasteiger partial charge in [-0.25, -0.2) is 0 Å². The molecule has 0 spiro atoms. The molecule has 0 saturated carbocycles. The van der Waals surface area contributed by atoms with Gasteiger partial charge in [-0.05, 0) is 69.5 Å². The maximum Gasteiger partial charge on any atom is 0.260 e. The van der Waals surface area contributed by atoms with Crippen LogP contribution in [0.3, 0.4) is 0 Å². The van der Waals surface area contributed by atoms with Gasteiger partial charge < -0.3 is 20.7 Å². The molecule has 2 aromatic rings. The summed E-state index contributed by atoms with van der Waals surface area (Å²) in [6.07, 6.45) is 3.22. The molecule has 6 nitrogen and oxygen atoms in total. The smallest absolute Gasteiger partial charge is 0.260 e. The number of halogens is 1. The first-order valence-electron chi connectivity index (χ1n) is 9.65. The van der Waals surface area contributed by atoms with E-state index in [-0.39, 0.29) is 42.9 Å². The Balaban J connectivity index is 0.00000300. The number of nitrogens with two attached hydrogens (primary N) is 1. The second kappa shape index (κ2) is 10.2. The summed E-state index contributed by atoms with van der Waals surface area (Å²) in [6.45, 7) is 4.17. The van der Waals surface area contributed by atoms with Crippen LogP contribution in [0, 0.1) is 0 Å². The standard InChI is InChI=1S/C22H27N3O3.ClH/c1-15-6-5-7-16(2)25(15)21(26)14-28-18-12-10-17(11-13-18)22(27)24-20-9-4-3-8-19(20)23;/h3-4,8-13,15-16H,5-7,14,23H2,1-2H3,(H,24,27);1H. The molecule has 2 unspecified atom stereocenters. The molecule has 3 rings (SSSR count). The highest BCUT2D eigenvalue weighted by Crippen LogP contribution is 2.23. The van der Waals surface area contributed by atoms with Crippen molar-refractivity contribution in [1.29, 1.82) is 0 Å². The van der Waals surface area contributed by atoms with E-state index in [9.17, 15) is 9.59 Å². The van der Waals surface area contributed by atoms with Gasteiger partial charge >= 0.3 is 0 Å². The van der Waals surface area contributed by atoms with E-state index in [4.69, 9.17) is 10.5 Å².